The van der Waals surface area contributed by atoms with Gasteiger partial charge in [0.05, 0.1) is 11.8 Å². The van der Waals surface area contributed by atoms with E-state index in [0.29, 0.717) is 0 Å². The molecule has 28 heavy (non-hydrogen) atoms. The van der Waals surface area contributed by atoms with E-state index in [-0.39, 0.29) is 12.3 Å². The zero-order valence-corrected chi connectivity index (χ0v) is 16.6. The zero-order chi connectivity index (χ0) is 20.0. The van der Waals surface area contributed by atoms with Gasteiger partial charge < -0.3 is 9.64 Å². The van der Waals surface area contributed by atoms with E-state index < -0.39 is 34.4 Å². The van der Waals surface area contributed by atoms with Gasteiger partial charge in [-0.1, -0.05) is 30.3 Å². The van der Waals surface area contributed by atoms with Crippen LogP contribution >= 0.6 is 11.3 Å². The third-order valence-corrected chi connectivity index (χ3v) is 6.20. The summed E-state index contributed by atoms with van der Waals surface area (Å²) in [4.78, 5) is 26.0. The first-order valence-corrected chi connectivity index (χ1v) is 11.2. The first kappa shape index (κ1) is 20.0. The number of sulfone groups is 1. The van der Waals surface area contributed by atoms with Gasteiger partial charge in [0.1, 0.15) is 0 Å². The van der Waals surface area contributed by atoms with Crippen LogP contribution in [-0.2, 0) is 30.7 Å². The molecule has 0 N–H and O–H groups in total. The Labute approximate surface area is 167 Å². The number of nitrogens with zero attached hydrogens (tertiary/aromatic N) is 1. The molecule has 1 atom stereocenters. The van der Waals surface area contributed by atoms with Gasteiger partial charge in [-0.2, -0.15) is 11.3 Å². The molecule has 0 radical (unpaired) electrons. The summed E-state index contributed by atoms with van der Waals surface area (Å²) in [6.07, 6.45) is 4.36. The van der Waals surface area contributed by atoms with Gasteiger partial charge in [-0.3, -0.25) is 4.79 Å². The summed E-state index contributed by atoms with van der Waals surface area (Å²) < 4.78 is 28.6. The predicted molar refractivity (Wildman–Crippen MR) is 108 cm³/mol. The largest absolute Gasteiger partial charge is 0.452 e. The summed E-state index contributed by atoms with van der Waals surface area (Å²) >= 11 is 1.51. The van der Waals surface area contributed by atoms with Crippen molar-refractivity contribution >= 4 is 39.1 Å². The zero-order valence-electron chi connectivity index (χ0n) is 14.9. The van der Waals surface area contributed by atoms with E-state index in [0.717, 1.165) is 16.5 Å². The van der Waals surface area contributed by atoms with Crippen molar-refractivity contribution in [3.63, 3.8) is 0 Å². The van der Waals surface area contributed by atoms with Gasteiger partial charge in [0.25, 0.3) is 5.91 Å². The van der Waals surface area contributed by atoms with Crippen LogP contribution in [0.3, 0.4) is 0 Å². The van der Waals surface area contributed by atoms with E-state index in [1.807, 2.05) is 47.2 Å². The Morgan fingerprint density at radius 1 is 1.21 bits per heavy atom. The van der Waals surface area contributed by atoms with Crippen molar-refractivity contribution in [1.82, 2.24) is 4.90 Å². The van der Waals surface area contributed by atoms with Gasteiger partial charge >= 0.3 is 5.97 Å². The summed E-state index contributed by atoms with van der Waals surface area (Å²) in [7, 11) is -3.32. The first-order valence-electron chi connectivity index (χ1n) is 8.54. The molecule has 0 bridgehead atoms. The third kappa shape index (κ3) is 5.64. The van der Waals surface area contributed by atoms with Crippen molar-refractivity contribution < 1.29 is 22.7 Å². The average Bonchev–Trinajstić information content (AvgIpc) is 3.32. The molecule has 6 nitrogen and oxygen atoms in total. The van der Waals surface area contributed by atoms with Crippen LogP contribution in [0, 0.1) is 0 Å². The van der Waals surface area contributed by atoms with Crippen molar-refractivity contribution in [2.24, 2.45) is 0 Å². The third-order valence-electron chi connectivity index (χ3n) is 4.12. The van der Waals surface area contributed by atoms with Crippen molar-refractivity contribution in [2.45, 2.75) is 12.6 Å². The maximum atomic E-state index is 12.7. The van der Waals surface area contributed by atoms with Crippen LogP contribution in [0.15, 0.2) is 64.7 Å². The predicted octanol–water partition coefficient (Wildman–Crippen LogP) is 2.64. The number of hydrogen-bond donors (Lipinski definition) is 0. The lowest BCUT2D eigenvalue weighted by Gasteiger charge is -2.27. The van der Waals surface area contributed by atoms with Crippen LogP contribution in [-0.4, -0.2) is 43.6 Å². The van der Waals surface area contributed by atoms with E-state index in [9.17, 15) is 18.0 Å². The second-order valence-corrected chi connectivity index (χ2v) is 8.94. The molecule has 0 aliphatic carbocycles. The highest BCUT2D eigenvalue weighted by Crippen LogP contribution is 2.18. The SMILES string of the molecule is O=C(/C=C/c1ccsc1)OCC(=O)N(Cc1ccccc1)[C@H]1C=CS(=O)(=O)C1. The first-order chi connectivity index (χ1) is 13.4. The fourth-order valence-electron chi connectivity index (χ4n) is 2.72. The van der Waals surface area contributed by atoms with Gasteiger partial charge in [-0.05, 0) is 40.1 Å². The van der Waals surface area contributed by atoms with Crippen molar-refractivity contribution in [3.05, 3.63) is 75.8 Å². The smallest absolute Gasteiger partial charge is 0.331 e. The number of carbonyl (C=O) groups is 2. The van der Waals surface area contributed by atoms with Crippen LogP contribution in [0.1, 0.15) is 11.1 Å². The Morgan fingerprint density at radius 2 is 2.00 bits per heavy atom. The Morgan fingerprint density at radius 3 is 2.64 bits per heavy atom. The molecule has 8 heteroatoms. The summed E-state index contributed by atoms with van der Waals surface area (Å²) in [6, 6.07) is 10.5. The molecule has 0 fully saturated rings. The summed E-state index contributed by atoms with van der Waals surface area (Å²) in [5.74, 6) is -1.25. The molecule has 3 rings (SSSR count). The molecule has 0 spiro atoms. The fourth-order valence-corrected chi connectivity index (χ4v) is 4.65. The topological polar surface area (TPSA) is 80.8 Å². The molecule has 0 unspecified atom stereocenters. The van der Waals surface area contributed by atoms with Gasteiger partial charge in [-0.15, -0.1) is 0 Å². The Hall–Kier alpha value is -2.71. The lowest BCUT2D eigenvalue weighted by Crippen LogP contribution is -2.42. The van der Waals surface area contributed by atoms with E-state index in [1.54, 1.807) is 6.08 Å². The van der Waals surface area contributed by atoms with E-state index in [2.05, 4.69) is 0 Å². The molecule has 2 heterocycles. The fraction of sp³-hybridized carbons (Fsp3) is 0.200. The second-order valence-electron chi connectivity index (χ2n) is 6.23. The standard InChI is InChI=1S/C20H19NO5S2/c22-19(13-26-20(23)7-6-17-8-10-27-14-17)21(12-16-4-2-1-3-5-16)18-9-11-28(24,25)15-18/h1-11,14,18H,12-13,15H2/b7-6+/t18-/m0/s1. The minimum atomic E-state index is -3.32. The number of carbonyl (C=O) groups excluding carboxylic acids is 2. The van der Waals surface area contributed by atoms with E-state index in [4.69, 9.17) is 4.74 Å². The molecular formula is C20H19NO5S2. The van der Waals surface area contributed by atoms with Gasteiger partial charge in [0, 0.05) is 18.0 Å². The number of hydrogen-bond acceptors (Lipinski definition) is 6. The van der Waals surface area contributed by atoms with Gasteiger partial charge in [0.2, 0.25) is 0 Å². The monoisotopic (exact) mass is 417 g/mol. The summed E-state index contributed by atoms with van der Waals surface area (Å²) in [5, 5.41) is 4.89. The minimum Gasteiger partial charge on any atom is -0.452 e. The molecule has 1 aliphatic rings. The van der Waals surface area contributed by atoms with Gasteiger partial charge in [0.15, 0.2) is 16.4 Å². The molecule has 1 aromatic heterocycles. The summed E-state index contributed by atoms with van der Waals surface area (Å²) in [6.45, 7) is -0.226. The van der Waals surface area contributed by atoms with Crippen LogP contribution < -0.4 is 0 Å². The molecule has 0 saturated carbocycles. The quantitative estimate of drug-likeness (QED) is 0.511. The Kier molecular flexibility index (Phi) is 6.43. The highest BCUT2D eigenvalue weighted by atomic mass is 32.2. The number of rotatable bonds is 7. The van der Waals surface area contributed by atoms with Crippen LogP contribution in [0.2, 0.25) is 0 Å². The van der Waals surface area contributed by atoms with Crippen LogP contribution in [0.4, 0.5) is 0 Å². The minimum absolute atomic E-state index is 0.169. The Bertz CT molecular complexity index is 979. The molecule has 1 aliphatic heterocycles. The van der Waals surface area contributed by atoms with Crippen LogP contribution in [0.5, 0.6) is 0 Å². The number of esters is 1. The average molecular weight is 418 g/mol. The highest BCUT2D eigenvalue weighted by molar-refractivity contribution is 7.94. The van der Waals surface area contributed by atoms with E-state index >= 15 is 0 Å². The maximum absolute atomic E-state index is 12.7. The van der Waals surface area contributed by atoms with Crippen molar-refractivity contribution in [3.8, 4) is 0 Å². The lowest BCUT2D eigenvalue weighted by molar-refractivity contribution is -0.149. The normalized spacial score (nSPS) is 17.6. The summed E-state index contributed by atoms with van der Waals surface area (Å²) in [5.41, 5.74) is 1.73. The van der Waals surface area contributed by atoms with Crippen molar-refractivity contribution in [2.75, 3.05) is 12.4 Å². The van der Waals surface area contributed by atoms with Gasteiger partial charge in [-0.25, -0.2) is 13.2 Å². The highest BCUT2D eigenvalue weighted by Gasteiger charge is 2.30. The molecule has 1 aromatic carbocycles. The number of benzene rings is 1. The number of thiophene rings is 1. The molecule has 0 saturated heterocycles. The molecular weight excluding hydrogens is 398 g/mol. The Balaban J connectivity index is 1.64. The van der Waals surface area contributed by atoms with Crippen LogP contribution in [0.25, 0.3) is 6.08 Å². The maximum Gasteiger partial charge on any atom is 0.331 e. The molecule has 146 valence electrons. The number of ether oxygens (including phenoxy) is 1. The van der Waals surface area contributed by atoms with Crippen molar-refractivity contribution in [1.29, 1.82) is 0 Å². The lowest BCUT2D eigenvalue weighted by atomic mass is 10.2. The molecule has 1 amide bonds. The molecule has 2 aromatic rings. The van der Waals surface area contributed by atoms with E-state index in [1.165, 1.54) is 28.4 Å². The second kappa shape index (κ2) is 8.99. The number of amides is 1.